The minimum Gasteiger partial charge on any atom is -0.143 e. The van der Waals surface area contributed by atoms with Crippen molar-refractivity contribution in [2.75, 3.05) is 5.75 Å². The van der Waals surface area contributed by atoms with Crippen molar-refractivity contribution in [3.8, 4) is 0 Å². The molecular formula is C16H18Br2S2. The first kappa shape index (κ1) is 18.1. The summed E-state index contributed by atoms with van der Waals surface area (Å²) in [5.41, 5.74) is 0. The molecule has 20 heavy (non-hydrogen) atoms. The molecule has 0 saturated carbocycles. The van der Waals surface area contributed by atoms with E-state index in [9.17, 15) is 0 Å². The van der Waals surface area contributed by atoms with E-state index in [1.807, 2.05) is 36.0 Å². The van der Waals surface area contributed by atoms with Crippen LogP contribution in [0.4, 0.5) is 0 Å². The number of benzene rings is 2. The van der Waals surface area contributed by atoms with Gasteiger partial charge in [-0.1, -0.05) is 57.3 Å². The molecule has 0 fully saturated rings. The second-order valence-electron chi connectivity index (χ2n) is 4.14. The first-order valence-electron chi connectivity index (χ1n) is 6.44. The van der Waals surface area contributed by atoms with E-state index in [1.165, 1.54) is 28.0 Å². The Hall–Kier alpha value is 0.1000. The molecule has 0 bridgehead atoms. The van der Waals surface area contributed by atoms with Gasteiger partial charge in [0.1, 0.15) is 0 Å². The predicted octanol–water partition coefficient (Wildman–Crippen LogP) is 7.08. The Morgan fingerprint density at radius 3 is 2.15 bits per heavy atom. The van der Waals surface area contributed by atoms with Gasteiger partial charge in [0, 0.05) is 18.7 Å². The predicted molar refractivity (Wildman–Crippen MR) is 101 cm³/mol. The number of halogens is 2. The van der Waals surface area contributed by atoms with E-state index in [0.29, 0.717) is 0 Å². The third-order valence-corrected chi connectivity index (χ3v) is 4.72. The van der Waals surface area contributed by atoms with Crippen LogP contribution in [0.15, 0.2) is 67.3 Å². The molecule has 0 aromatic heterocycles. The van der Waals surface area contributed by atoms with Crippen LogP contribution >= 0.6 is 56.3 Å². The molecule has 0 heterocycles. The van der Waals surface area contributed by atoms with E-state index >= 15 is 0 Å². The largest absolute Gasteiger partial charge is 0.143 e. The Kier molecular flexibility index (Phi) is 9.78. The smallest absolute Gasteiger partial charge is 0.0186 e. The van der Waals surface area contributed by atoms with E-state index in [1.54, 1.807) is 0 Å². The van der Waals surface area contributed by atoms with Crippen LogP contribution in [-0.4, -0.2) is 5.75 Å². The van der Waals surface area contributed by atoms with Gasteiger partial charge in [0.25, 0.3) is 0 Å². The minimum absolute atomic E-state index is 0.986. The van der Waals surface area contributed by atoms with Gasteiger partial charge in [0.15, 0.2) is 0 Å². The molecule has 0 atom stereocenters. The van der Waals surface area contributed by atoms with Crippen LogP contribution in [0.2, 0.25) is 0 Å². The quantitative estimate of drug-likeness (QED) is 0.305. The lowest BCUT2D eigenvalue weighted by Gasteiger charge is -1.99. The normalized spacial score (nSPS) is 9.80. The maximum atomic E-state index is 4.12. The molecule has 4 heteroatoms. The van der Waals surface area contributed by atoms with E-state index in [2.05, 4.69) is 75.7 Å². The zero-order valence-corrected chi connectivity index (χ0v) is 16.2. The van der Waals surface area contributed by atoms with Crippen molar-refractivity contribution in [3.63, 3.8) is 0 Å². The van der Waals surface area contributed by atoms with Crippen LogP contribution in [0.3, 0.4) is 0 Å². The molecule has 0 saturated heterocycles. The third-order valence-electron chi connectivity index (χ3n) is 2.37. The van der Waals surface area contributed by atoms with Crippen molar-refractivity contribution in [1.29, 1.82) is 0 Å². The van der Waals surface area contributed by atoms with Gasteiger partial charge in [0.2, 0.25) is 0 Å². The summed E-state index contributed by atoms with van der Waals surface area (Å²) in [5.74, 6) is 1.23. The Morgan fingerprint density at radius 2 is 1.65 bits per heavy atom. The third kappa shape index (κ3) is 8.40. The SMILES string of the molecule is CCCCSc1cccc(Br)c1.Sc1cccc(Br)c1. The topological polar surface area (TPSA) is 0 Å². The highest BCUT2D eigenvalue weighted by atomic mass is 79.9. The van der Waals surface area contributed by atoms with Crippen molar-refractivity contribution >= 4 is 56.3 Å². The number of hydrogen-bond donors (Lipinski definition) is 1. The molecule has 0 aliphatic rings. The average Bonchev–Trinajstić information content (AvgIpc) is 2.39. The molecule has 0 amide bonds. The molecule has 108 valence electrons. The zero-order valence-electron chi connectivity index (χ0n) is 11.4. The van der Waals surface area contributed by atoms with Crippen molar-refractivity contribution in [3.05, 3.63) is 57.5 Å². The van der Waals surface area contributed by atoms with Gasteiger partial charge in [-0.15, -0.1) is 24.4 Å². The van der Waals surface area contributed by atoms with Crippen LogP contribution in [-0.2, 0) is 0 Å². The standard InChI is InChI=1S/C10H13BrS.C6H5BrS/c1-2-3-7-12-10-6-4-5-9(11)8-10;7-5-2-1-3-6(8)4-5/h4-6,8H,2-3,7H2,1H3;1-4,8H. The first-order valence-corrected chi connectivity index (χ1v) is 9.46. The summed E-state index contributed by atoms with van der Waals surface area (Å²) >= 11 is 12.8. The van der Waals surface area contributed by atoms with Crippen LogP contribution in [0, 0.1) is 0 Å². The molecule has 2 aromatic rings. The summed E-state index contributed by atoms with van der Waals surface area (Å²) < 4.78 is 2.24. The fraction of sp³-hybridized carbons (Fsp3) is 0.250. The summed E-state index contributed by atoms with van der Waals surface area (Å²) in [6.07, 6.45) is 2.58. The van der Waals surface area contributed by atoms with E-state index in [-0.39, 0.29) is 0 Å². The average molecular weight is 434 g/mol. The molecule has 2 aromatic carbocycles. The van der Waals surface area contributed by atoms with Gasteiger partial charge in [-0.25, -0.2) is 0 Å². The fourth-order valence-electron chi connectivity index (χ4n) is 1.37. The summed E-state index contributed by atoms with van der Waals surface area (Å²) in [5, 5.41) is 0. The monoisotopic (exact) mass is 432 g/mol. The van der Waals surface area contributed by atoms with Crippen LogP contribution in [0.1, 0.15) is 19.8 Å². The van der Waals surface area contributed by atoms with Crippen molar-refractivity contribution in [2.24, 2.45) is 0 Å². The van der Waals surface area contributed by atoms with Gasteiger partial charge >= 0.3 is 0 Å². The molecule has 0 aliphatic carbocycles. The van der Waals surface area contributed by atoms with E-state index < -0.39 is 0 Å². The Balaban J connectivity index is 0.000000217. The van der Waals surface area contributed by atoms with Gasteiger partial charge < -0.3 is 0 Å². The van der Waals surface area contributed by atoms with Crippen LogP contribution < -0.4 is 0 Å². The Labute approximate surface area is 148 Å². The van der Waals surface area contributed by atoms with Gasteiger partial charge in [-0.3, -0.25) is 0 Å². The zero-order chi connectivity index (χ0) is 14.8. The Bertz CT molecular complexity index is 498. The highest BCUT2D eigenvalue weighted by Crippen LogP contribution is 2.22. The number of thioether (sulfide) groups is 1. The molecule has 2 rings (SSSR count). The van der Waals surface area contributed by atoms with Crippen LogP contribution in [0.5, 0.6) is 0 Å². The number of hydrogen-bond acceptors (Lipinski definition) is 2. The maximum Gasteiger partial charge on any atom is 0.0186 e. The number of unbranched alkanes of at least 4 members (excludes halogenated alkanes) is 1. The lowest BCUT2D eigenvalue weighted by Crippen LogP contribution is -1.77. The summed E-state index contributed by atoms with van der Waals surface area (Å²) in [6, 6.07) is 16.3. The van der Waals surface area contributed by atoms with E-state index in [0.717, 1.165) is 9.37 Å². The van der Waals surface area contributed by atoms with E-state index in [4.69, 9.17) is 0 Å². The molecule has 0 aliphatic heterocycles. The number of thiol groups is 1. The van der Waals surface area contributed by atoms with Crippen LogP contribution in [0.25, 0.3) is 0 Å². The molecular weight excluding hydrogens is 416 g/mol. The summed E-state index contributed by atoms with van der Waals surface area (Å²) in [6.45, 7) is 2.22. The molecule has 0 radical (unpaired) electrons. The van der Waals surface area contributed by atoms with Gasteiger partial charge in [-0.2, -0.15) is 0 Å². The molecule has 0 spiro atoms. The second kappa shape index (κ2) is 10.8. The second-order valence-corrected chi connectivity index (χ2v) is 7.66. The molecule has 0 unspecified atom stereocenters. The number of rotatable bonds is 4. The fourth-order valence-corrected chi connectivity index (χ4v) is 3.77. The summed E-state index contributed by atoms with van der Waals surface area (Å²) in [4.78, 5) is 2.34. The van der Waals surface area contributed by atoms with Crippen molar-refractivity contribution in [2.45, 2.75) is 29.6 Å². The first-order chi connectivity index (χ1) is 9.61. The van der Waals surface area contributed by atoms with Crippen molar-refractivity contribution < 1.29 is 0 Å². The Morgan fingerprint density at radius 1 is 1.00 bits per heavy atom. The maximum absolute atomic E-state index is 4.12. The highest BCUT2D eigenvalue weighted by Gasteiger charge is 1.93. The highest BCUT2D eigenvalue weighted by molar-refractivity contribution is 9.10. The van der Waals surface area contributed by atoms with Gasteiger partial charge in [-0.05, 0) is 48.6 Å². The van der Waals surface area contributed by atoms with Crippen molar-refractivity contribution in [1.82, 2.24) is 0 Å². The lowest BCUT2D eigenvalue weighted by atomic mass is 10.4. The molecule has 0 nitrogen and oxygen atoms in total. The minimum atomic E-state index is 0.986. The van der Waals surface area contributed by atoms with Gasteiger partial charge in [0.05, 0.1) is 0 Å². The molecule has 0 N–H and O–H groups in total. The summed E-state index contributed by atoms with van der Waals surface area (Å²) in [7, 11) is 0. The lowest BCUT2D eigenvalue weighted by molar-refractivity contribution is 0.896.